The molecular weight excluding hydrogens is 300 g/mol. The van der Waals surface area contributed by atoms with Gasteiger partial charge in [-0.15, -0.1) is 0 Å². The van der Waals surface area contributed by atoms with Crippen LogP contribution < -0.4 is 0 Å². The van der Waals surface area contributed by atoms with Gasteiger partial charge in [-0.1, -0.05) is 24.3 Å². The number of aryl methyl sites for hydroxylation is 1. The maximum absolute atomic E-state index is 8.98. The number of hydrogen-bond acceptors (Lipinski definition) is 4. The van der Waals surface area contributed by atoms with Crippen molar-refractivity contribution < 1.29 is 0 Å². The second-order valence-electron chi connectivity index (χ2n) is 6.17. The number of imidazole rings is 1. The molecule has 0 aliphatic carbocycles. The molecule has 6 heteroatoms. The third-order valence-corrected chi connectivity index (χ3v) is 4.55. The van der Waals surface area contributed by atoms with Crippen LogP contribution in [0.5, 0.6) is 0 Å². The molecule has 0 bridgehead atoms. The number of nitrogens with zero attached hydrogens (tertiary/aromatic N) is 6. The molecule has 0 spiro atoms. The molecule has 0 saturated carbocycles. The van der Waals surface area contributed by atoms with Crippen molar-refractivity contribution in [3.05, 3.63) is 49.2 Å². The lowest BCUT2D eigenvalue weighted by molar-refractivity contribution is 0.447. The van der Waals surface area contributed by atoms with E-state index in [1.807, 2.05) is 25.8 Å². The zero-order valence-electron chi connectivity index (χ0n) is 13.5. The van der Waals surface area contributed by atoms with Crippen molar-refractivity contribution in [2.75, 3.05) is 13.1 Å². The van der Waals surface area contributed by atoms with E-state index in [1.165, 1.54) is 0 Å². The normalized spacial score (nSPS) is 17.2. The van der Waals surface area contributed by atoms with Gasteiger partial charge in [0.25, 0.3) is 0 Å². The van der Waals surface area contributed by atoms with Crippen LogP contribution in [0.2, 0.25) is 0 Å². The lowest BCUT2D eigenvalue weighted by Crippen LogP contribution is -2.15. The summed E-state index contributed by atoms with van der Waals surface area (Å²) in [4.78, 5) is 6.33. The molecule has 120 valence electrons. The molecule has 3 aromatic rings. The highest BCUT2D eigenvalue weighted by Crippen LogP contribution is 2.26. The fourth-order valence-electron chi connectivity index (χ4n) is 3.17. The predicted octanol–water partition coefficient (Wildman–Crippen LogP) is 2.68. The summed E-state index contributed by atoms with van der Waals surface area (Å²) in [5.74, 6) is 0. The van der Waals surface area contributed by atoms with Crippen LogP contribution in [0.4, 0.5) is 0 Å². The summed E-state index contributed by atoms with van der Waals surface area (Å²) in [6, 6.07) is 8.70. The summed E-state index contributed by atoms with van der Waals surface area (Å²) >= 11 is 0. The zero-order chi connectivity index (χ0) is 16.5. The Hall–Kier alpha value is -3.07. The van der Waals surface area contributed by atoms with Crippen LogP contribution in [0.1, 0.15) is 12.5 Å². The van der Waals surface area contributed by atoms with Crippen molar-refractivity contribution in [3.8, 4) is 28.6 Å². The SMILES string of the molecule is Cn1cc(-c2ccc(-c3cn(C4CCN(C#N)C4)cn3)cc2)cn1. The number of benzene rings is 1. The summed E-state index contributed by atoms with van der Waals surface area (Å²) in [6.07, 6.45) is 11.0. The van der Waals surface area contributed by atoms with Gasteiger partial charge in [0.1, 0.15) is 0 Å². The van der Waals surface area contributed by atoms with E-state index in [-0.39, 0.29) is 0 Å². The lowest BCUT2D eigenvalue weighted by atomic mass is 10.1. The molecule has 1 unspecified atom stereocenters. The van der Waals surface area contributed by atoms with Crippen LogP contribution in [0.15, 0.2) is 49.2 Å². The van der Waals surface area contributed by atoms with E-state index in [2.05, 4.69) is 51.3 Å². The quantitative estimate of drug-likeness (QED) is 0.697. The molecule has 3 heterocycles. The van der Waals surface area contributed by atoms with E-state index >= 15 is 0 Å². The molecule has 1 aromatic carbocycles. The highest BCUT2D eigenvalue weighted by Gasteiger charge is 2.23. The number of nitriles is 1. The molecule has 1 atom stereocenters. The Balaban J connectivity index is 1.53. The summed E-state index contributed by atoms with van der Waals surface area (Å²) in [5, 5.41) is 13.2. The molecule has 0 radical (unpaired) electrons. The Morgan fingerprint density at radius 1 is 1.12 bits per heavy atom. The van der Waals surface area contributed by atoms with Gasteiger partial charge in [0, 0.05) is 43.7 Å². The van der Waals surface area contributed by atoms with Crippen molar-refractivity contribution in [1.29, 1.82) is 5.26 Å². The van der Waals surface area contributed by atoms with E-state index in [0.29, 0.717) is 6.04 Å². The molecule has 1 fully saturated rings. The Morgan fingerprint density at radius 2 is 1.92 bits per heavy atom. The average molecular weight is 318 g/mol. The van der Waals surface area contributed by atoms with Crippen LogP contribution in [0, 0.1) is 11.5 Å². The molecule has 1 aliphatic rings. The topological polar surface area (TPSA) is 62.7 Å². The largest absolute Gasteiger partial charge is 0.332 e. The van der Waals surface area contributed by atoms with Crippen LogP contribution in [-0.4, -0.2) is 37.3 Å². The van der Waals surface area contributed by atoms with Gasteiger partial charge in [-0.2, -0.15) is 10.4 Å². The highest BCUT2D eigenvalue weighted by atomic mass is 15.2. The van der Waals surface area contributed by atoms with E-state index in [9.17, 15) is 0 Å². The fraction of sp³-hybridized carbons (Fsp3) is 0.278. The zero-order valence-corrected chi connectivity index (χ0v) is 13.5. The van der Waals surface area contributed by atoms with Gasteiger partial charge in [0.2, 0.25) is 0 Å². The van der Waals surface area contributed by atoms with Gasteiger partial charge in [-0.25, -0.2) is 4.98 Å². The van der Waals surface area contributed by atoms with Gasteiger partial charge >= 0.3 is 0 Å². The van der Waals surface area contributed by atoms with Crippen LogP contribution >= 0.6 is 0 Å². The van der Waals surface area contributed by atoms with Crippen molar-refractivity contribution in [3.63, 3.8) is 0 Å². The minimum absolute atomic E-state index is 0.334. The van der Waals surface area contributed by atoms with Crippen molar-refractivity contribution >= 4 is 0 Å². The number of likely N-dealkylation sites (tertiary alicyclic amines) is 1. The van der Waals surface area contributed by atoms with Crippen LogP contribution in [-0.2, 0) is 7.05 Å². The molecule has 1 saturated heterocycles. The first-order valence-corrected chi connectivity index (χ1v) is 8.00. The van der Waals surface area contributed by atoms with Crippen molar-refractivity contribution in [2.45, 2.75) is 12.5 Å². The van der Waals surface area contributed by atoms with Gasteiger partial charge in [0.05, 0.1) is 24.3 Å². The van der Waals surface area contributed by atoms with E-state index < -0.39 is 0 Å². The maximum Gasteiger partial charge on any atom is 0.179 e. The van der Waals surface area contributed by atoms with E-state index in [4.69, 9.17) is 5.26 Å². The average Bonchev–Trinajstić information content (AvgIpc) is 3.35. The third kappa shape index (κ3) is 2.65. The second-order valence-corrected chi connectivity index (χ2v) is 6.17. The molecule has 2 aromatic heterocycles. The molecule has 1 aliphatic heterocycles. The monoisotopic (exact) mass is 318 g/mol. The molecule has 0 amide bonds. The van der Waals surface area contributed by atoms with Gasteiger partial charge < -0.3 is 9.47 Å². The Labute approximate surface area is 140 Å². The molecule has 24 heavy (non-hydrogen) atoms. The van der Waals surface area contributed by atoms with Crippen LogP contribution in [0.3, 0.4) is 0 Å². The highest BCUT2D eigenvalue weighted by molar-refractivity contribution is 5.67. The number of rotatable bonds is 3. The summed E-state index contributed by atoms with van der Waals surface area (Å²) in [7, 11) is 1.92. The lowest BCUT2D eigenvalue weighted by Gasteiger charge is -2.10. The van der Waals surface area contributed by atoms with Crippen molar-refractivity contribution in [2.24, 2.45) is 7.05 Å². The number of hydrogen-bond donors (Lipinski definition) is 0. The molecule has 6 nitrogen and oxygen atoms in total. The minimum atomic E-state index is 0.334. The van der Waals surface area contributed by atoms with Gasteiger partial charge in [-0.3, -0.25) is 4.68 Å². The first kappa shape index (κ1) is 14.5. The first-order valence-electron chi connectivity index (χ1n) is 8.00. The first-order chi connectivity index (χ1) is 11.7. The summed E-state index contributed by atoms with van der Waals surface area (Å²) in [6.45, 7) is 1.60. The van der Waals surface area contributed by atoms with Crippen LogP contribution in [0.25, 0.3) is 22.4 Å². The molecule has 4 rings (SSSR count). The van der Waals surface area contributed by atoms with Gasteiger partial charge in [0.15, 0.2) is 6.19 Å². The summed E-state index contributed by atoms with van der Waals surface area (Å²) < 4.78 is 3.93. The summed E-state index contributed by atoms with van der Waals surface area (Å²) in [5.41, 5.74) is 4.31. The second kappa shape index (κ2) is 5.85. The smallest absolute Gasteiger partial charge is 0.179 e. The maximum atomic E-state index is 8.98. The predicted molar refractivity (Wildman–Crippen MR) is 90.7 cm³/mol. The Morgan fingerprint density at radius 3 is 2.58 bits per heavy atom. The molecule has 0 N–H and O–H groups in total. The minimum Gasteiger partial charge on any atom is -0.332 e. The molecular formula is C18H18N6. The Bertz CT molecular complexity index is 883. The number of aromatic nitrogens is 4. The van der Waals surface area contributed by atoms with E-state index in [1.54, 1.807) is 9.58 Å². The van der Waals surface area contributed by atoms with Crippen molar-refractivity contribution in [1.82, 2.24) is 24.2 Å². The standard InChI is InChI=1S/C18H18N6/c1-22-9-16(8-21-22)14-2-4-15(5-3-14)18-11-24(13-20-18)17-6-7-23(10-17)12-19/h2-5,8-9,11,13,17H,6-7,10H2,1H3. The Kier molecular flexibility index (Phi) is 3.54. The van der Waals surface area contributed by atoms with E-state index in [0.717, 1.165) is 41.9 Å². The fourth-order valence-corrected chi connectivity index (χ4v) is 3.17. The van der Waals surface area contributed by atoms with Gasteiger partial charge in [-0.05, 0) is 12.0 Å². The third-order valence-electron chi connectivity index (χ3n) is 4.55.